The maximum absolute atomic E-state index is 12.6. The molecule has 3 aromatic rings. The van der Waals surface area contributed by atoms with Crippen molar-refractivity contribution in [3.8, 4) is 5.75 Å². The van der Waals surface area contributed by atoms with Crippen LogP contribution in [0, 0.1) is 13.8 Å². The van der Waals surface area contributed by atoms with E-state index in [0.717, 1.165) is 11.1 Å². The summed E-state index contributed by atoms with van der Waals surface area (Å²) in [6.07, 6.45) is -0.166. The van der Waals surface area contributed by atoms with Crippen molar-refractivity contribution in [2.75, 3.05) is 10.0 Å². The molecule has 3 aromatic carbocycles. The Kier molecular flexibility index (Phi) is 6.97. The summed E-state index contributed by atoms with van der Waals surface area (Å²) in [6.45, 7) is 5.75. The molecule has 0 aliphatic heterocycles. The van der Waals surface area contributed by atoms with Gasteiger partial charge in [-0.05, 0) is 74.4 Å². The Balaban J connectivity index is 1.66. The molecule has 162 valence electrons. The highest BCUT2D eigenvalue weighted by atomic mass is 32.2. The number of hydrogen-bond donors (Lipinski definition) is 2. The Hall–Kier alpha value is -3.32. The lowest BCUT2D eigenvalue weighted by Crippen LogP contribution is -2.32. The predicted molar refractivity (Wildman–Crippen MR) is 123 cm³/mol. The van der Waals surface area contributed by atoms with Gasteiger partial charge in [0.25, 0.3) is 15.9 Å². The van der Waals surface area contributed by atoms with E-state index < -0.39 is 16.1 Å². The zero-order valence-corrected chi connectivity index (χ0v) is 18.6. The van der Waals surface area contributed by atoms with Crippen LogP contribution in [0.1, 0.15) is 24.5 Å². The minimum Gasteiger partial charge on any atom is -0.481 e. The van der Waals surface area contributed by atoms with Crippen molar-refractivity contribution in [1.82, 2.24) is 0 Å². The Morgan fingerprint density at radius 2 is 1.55 bits per heavy atom. The quantitative estimate of drug-likeness (QED) is 0.524. The van der Waals surface area contributed by atoms with Gasteiger partial charge in [0.1, 0.15) is 5.75 Å². The Morgan fingerprint density at radius 1 is 0.903 bits per heavy atom. The fourth-order valence-electron chi connectivity index (χ4n) is 2.95. The van der Waals surface area contributed by atoms with Gasteiger partial charge >= 0.3 is 0 Å². The molecule has 7 heteroatoms. The first-order valence-electron chi connectivity index (χ1n) is 10.0. The molecular formula is C24H26N2O4S. The van der Waals surface area contributed by atoms with Crippen LogP contribution < -0.4 is 14.8 Å². The molecule has 0 spiro atoms. The second kappa shape index (κ2) is 9.66. The fourth-order valence-corrected chi connectivity index (χ4v) is 4.01. The number of nitrogens with one attached hydrogen (secondary N) is 2. The van der Waals surface area contributed by atoms with Gasteiger partial charge in [0, 0.05) is 11.4 Å². The number of rotatable bonds is 8. The van der Waals surface area contributed by atoms with Gasteiger partial charge in [-0.3, -0.25) is 9.52 Å². The van der Waals surface area contributed by atoms with Crippen molar-refractivity contribution < 1.29 is 17.9 Å². The zero-order chi connectivity index (χ0) is 22.4. The molecule has 0 fully saturated rings. The summed E-state index contributed by atoms with van der Waals surface area (Å²) in [5, 5.41) is 2.78. The highest BCUT2D eigenvalue weighted by Crippen LogP contribution is 2.20. The summed E-state index contributed by atoms with van der Waals surface area (Å²) < 4.78 is 33.5. The molecule has 0 aliphatic rings. The first kappa shape index (κ1) is 22.4. The molecule has 6 nitrogen and oxygen atoms in total. The molecule has 0 heterocycles. The van der Waals surface area contributed by atoms with Crippen LogP contribution in [-0.4, -0.2) is 20.4 Å². The molecule has 3 rings (SSSR count). The molecule has 0 saturated heterocycles. The molecule has 0 aromatic heterocycles. The van der Waals surface area contributed by atoms with E-state index in [9.17, 15) is 13.2 Å². The van der Waals surface area contributed by atoms with E-state index in [2.05, 4.69) is 10.0 Å². The minimum atomic E-state index is -3.72. The second-order valence-electron chi connectivity index (χ2n) is 7.32. The average molecular weight is 439 g/mol. The summed E-state index contributed by atoms with van der Waals surface area (Å²) >= 11 is 0. The summed E-state index contributed by atoms with van der Waals surface area (Å²) in [5.74, 6) is 0.336. The number of amides is 1. The van der Waals surface area contributed by atoms with E-state index >= 15 is 0 Å². The van der Waals surface area contributed by atoms with Crippen LogP contribution in [0.4, 0.5) is 11.4 Å². The van der Waals surface area contributed by atoms with E-state index in [1.165, 1.54) is 12.1 Å². The SMILES string of the molecule is CC[C@@H](Oc1cccc(C)c1)C(=O)Nc1ccc(S(=O)(=O)Nc2ccc(C)cc2)cc1. The van der Waals surface area contributed by atoms with Crippen molar-refractivity contribution in [3.63, 3.8) is 0 Å². The van der Waals surface area contributed by atoms with Crippen molar-refractivity contribution in [1.29, 1.82) is 0 Å². The van der Waals surface area contributed by atoms with Crippen LogP contribution in [0.5, 0.6) is 5.75 Å². The number of benzene rings is 3. The number of sulfonamides is 1. The summed E-state index contributed by atoms with van der Waals surface area (Å²) in [7, 11) is -3.72. The van der Waals surface area contributed by atoms with E-state index in [1.54, 1.807) is 24.3 Å². The molecule has 0 saturated carbocycles. The van der Waals surface area contributed by atoms with Crippen molar-refractivity contribution in [2.45, 2.75) is 38.2 Å². The number of carbonyl (C=O) groups excluding carboxylic acids is 1. The number of hydrogen-bond acceptors (Lipinski definition) is 4. The molecular weight excluding hydrogens is 412 g/mol. The molecule has 0 unspecified atom stereocenters. The maximum atomic E-state index is 12.6. The monoisotopic (exact) mass is 438 g/mol. The minimum absolute atomic E-state index is 0.106. The van der Waals surface area contributed by atoms with Gasteiger partial charge in [-0.25, -0.2) is 8.42 Å². The van der Waals surface area contributed by atoms with E-state index in [-0.39, 0.29) is 10.8 Å². The summed E-state index contributed by atoms with van der Waals surface area (Å²) in [5.41, 5.74) is 3.07. The van der Waals surface area contributed by atoms with Crippen molar-refractivity contribution in [3.05, 3.63) is 83.9 Å². The molecule has 0 radical (unpaired) electrons. The van der Waals surface area contributed by atoms with Crippen LogP contribution in [-0.2, 0) is 14.8 Å². The zero-order valence-electron chi connectivity index (χ0n) is 17.8. The highest BCUT2D eigenvalue weighted by Gasteiger charge is 2.19. The number of carbonyl (C=O) groups is 1. The third kappa shape index (κ3) is 6.08. The van der Waals surface area contributed by atoms with E-state index in [1.807, 2.05) is 57.2 Å². The standard InChI is InChI=1S/C24H26N2O4S/c1-4-23(30-21-7-5-6-18(3)16-21)24(27)25-19-12-14-22(15-13-19)31(28,29)26-20-10-8-17(2)9-11-20/h5-16,23,26H,4H2,1-3H3,(H,25,27)/t23-/m1/s1. The highest BCUT2D eigenvalue weighted by molar-refractivity contribution is 7.92. The first-order chi connectivity index (χ1) is 14.8. The van der Waals surface area contributed by atoms with Gasteiger partial charge in [0.05, 0.1) is 4.90 Å². The molecule has 31 heavy (non-hydrogen) atoms. The van der Waals surface area contributed by atoms with Crippen molar-refractivity contribution in [2.24, 2.45) is 0 Å². The summed E-state index contributed by atoms with van der Waals surface area (Å²) in [4.78, 5) is 12.7. The Morgan fingerprint density at radius 3 is 2.16 bits per heavy atom. The third-order valence-electron chi connectivity index (χ3n) is 4.67. The van der Waals surface area contributed by atoms with Gasteiger partial charge in [-0.15, -0.1) is 0 Å². The normalized spacial score (nSPS) is 12.1. The molecule has 0 aliphatic carbocycles. The second-order valence-corrected chi connectivity index (χ2v) is 9.00. The van der Waals surface area contributed by atoms with E-state index in [4.69, 9.17) is 4.74 Å². The van der Waals surface area contributed by atoms with Gasteiger partial charge in [-0.1, -0.05) is 36.8 Å². The Bertz CT molecular complexity index is 1140. The molecule has 2 N–H and O–H groups in total. The maximum Gasteiger partial charge on any atom is 0.265 e. The molecule has 1 amide bonds. The summed E-state index contributed by atoms with van der Waals surface area (Å²) in [6, 6.07) is 20.6. The van der Waals surface area contributed by atoms with Crippen molar-refractivity contribution >= 4 is 27.3 Å². The lowest BCUT2D eigenvalue weighted by molar-refractivity contribution is -0.122. The largest absolute Gasteiger partial charge is 0.481 e. The van der Waals surface area contributed by atoms with Crippen LogP contribution in [0.25, 0.3) is 0 Å². The van der Waals surface area contributed by atoms with Crippen LogP contribution >= 0.6 is 0 Å². The lowest BCUT2D eigenvalue weighted by Gasteiger charge is -2.18. The smallest absolute Gasteiger partial charge is 0.265 e. The van der Waals surface area contributed by atoms with E-state index in [0.29, 0.717) is 23.5 Å². The van der Waals surface area contributed by atoms with Crippen LogP contribution in [0.15, 0.2) is 77.7 Å². The predicted octanol–water partition coefficient (Wildman–Crippen LogP) is 4.90. The number of aryl methyl sites for hydroxylation is 2. The van der Waals surface area contributed by atoms with Crippen LogP contribution in [0.3, 0.4) is 0 Å². The Labute approximate surface area is 183 Å². The lowest BCUT2D eigenvalue weighted by atomic mass is 10.2. The van der Waals surface area contributed by atoms with Crippen LogP contribution in [0.2, 0.25) is 0 Å². The first-order valence-corrected chi connectivity index (χ1v) is 11.5. The molecule has 1 atom stereocenters. The average Bonchev–Trinajstić information content (AvgIpc) is 2.74. The molecule has 0 bridgehead atoms. The van der Waals surface area contributed by atoms with Gasteiger partial charge < -0.3 is 10.1 Å². The number of anilines is 2. The van der Waals surface area contributed by atoms with Gasteiger partial charge in [-0.2, -0.15) is 0 Å². The fraction of sp³-hybridized carbons (Fsp3) is 0.208. The number of ether oxygens (including phenoxy) is 1. The topological polar surface area (TPSA) is 84.5 Å². The third-order valence-corrected chi connectivity index (χ3v) is 6.06. The van der Waals surface area contributed by atoms with Gasteiger partial charge in [0.2, 0.25) is 0 Å². The van der Waals surface area contributed by atoms with Gasteiger partial charge in [0.15, 0.2) is 6.10 Å².